The molecule has 1 aliphatic rings. The van der Waals surface area contributed by atoms with Gasteiger partial charge in [-0.1, -0.05) is 192 Å². The fourth-order valence-electron chi connectivity index (χ4n) is 10.4. The Morgan fingerprint density at radius 3 is 1.91 bits per heavy atom. The number of hydrogen-bond acceptors (Lipinski definition) is 2. The van der Waals surface area contributed by atoms with Crippen molar-refractivity contribution in [3.63, 3.8) is 0 Å². The number of imidazole rings is 1. The van der Waals surface area contributed by atoms with Gasteiger partial charge in [0.05, 0.1) is 30.4 Å². The summed E-state index contributed by atoms with van der Waals surface area (Å²) in [5, 5.41) is 1.55. The van der Waals surface area contributed by atoms with E-state index in [2.05, 4.69) is 107 Å². The standard InChI is InChI=1S/C69H54N4O.Pt/c1-44-35-65(70-42-60(44)46-23-12-9-13-24-46)73-62-32-19-18-31-56(62)57-34-33-51(41-63(57)73)74-50-26-20-25-49(40-50)71-43-72-66-59(38-48(68(2,3)4)39-61(66)69(5,6)7)55-30-17-15-28-53(55)52-27-14-16-29-54(52)58-36-47(37-64(71)67(58)72)45-21-10-8-11-22-45;/h8-39,42H,1-7H3;/q-2;/i1D3,8D,9D,10D,11D,12D,13D,21D,22D,23D,24D;. The summed E-state index contributed by atoms with van der Waals surface area (Å²) in [6, 6.07) is 44.9. The Hall–Kier alpha value is -8.11. The molecule has 13 rings (SSSR count). The maximum absolute atomic E-state index is 9.28. The first-order valence-electron chi connectivity index (χ1n) is 31.0. The summed E-state index contributed by atoms with van der Waals surface area (Å²) in [6.45, 7) is 10.5. The molecule has 0 fully saturated rings. The molecule has 12 aromatic rings. The number of aryl methyl sites for hydroxylation is 1. The van der Waals surface area contributed by atoms with E-state index in [-0.39, 0.29) is 78.1 Å². The van der Waals surface area contributed by atoms with Gasteiger partial charge in [0.15, 0.2) is 0 Å². The van der Waals surface area contributed by atoms with Crippen LogP contribution in [0.1, 0.15) is 76.1 Å². The molecule has 9 aromatic carbocycles. The molecule has 368 valence electrons. The Morgan fingerprint density at radius 2 is 1.21 bits per heavy atom. The summed E-state index contributed by atoms with van der Waals surface area (Å²) in [6.07, 6.45) is 5.05. The maximum atomic E-state index is 9.28. The fraction of sp³-hybridized carbons (Fsp3) is 0.130. The quantitative estimate of drug-likeness (QED) is 0.123. The minimum atomic E-state index is -2.81. The SMILES string of the molecule is [2H]c1c([2H])c([2H])c(-c2cc3c4c(c2)n(-c2[c-]c(Oc5[c-]c6c(cc5)c5ccccc5n6-c5cc(C([2H])([2H])[2H])c(-c6c([2H])c([2H])c([2H])c([2H])c6[2H])cn5)ccc2)[c-][n+]4-c2c(cc(C(C)(C)C)cc2C(C)(C)C)-c2ccccc2-c2ccccc2-3)c([2H])c1[2H].[Pt]. The smallest absolute Gasteiger partial charge is 0.268 e. The Morgan fingerprint density at radius 1 is 0.560 bits per heavy atom. The van der Waals surface area contributed by atoms with Crippen molar-refractivity contribution in [2.24, 2.45) is 0 Å². The van der Waals surface area contributed by atoms with E-state index in [1.54, 1.807) is 16.7 Å². The maximum Gasteiger partial charge on any atom is 0.268 e. The third-order valence-electron chi connectivity index (χ3n) is 13.9. The first-order chi connectivity index (χ1) is 41.2. The monoisotopic (exact) mass is 1160 g/mol. The number of benzene rings is 9. The second-order valence-electron chi connectivity index (χ2n) is 20.7. The zero-order valence-electron chi connectivity index (χ0n) is 54.8. The first-order valence-corrected chi connectivity index (χ1v) is 24.5. The van der Waals surface area contributed by atoms with Gasteiger partial charge in [0, 0.05) is 54.0 Å². The molecule has 0 saturated heterocycles. The van der Waals surface area contributed by atoms with Gasteiger partial charge >= 0.3 is 0 Å². The van der Waals surface area contributed by atoms with Crippen molar-refractivity contribution in [2.75, 3.05) is 0 Å². The summed E-state index contributed by atoms with van der Waals surface area (Å²) in [4.78, 5) is 4.73. The van der Waals surface area contributed by atoms with Gasteiger partial charge in [-0.25, -0.2) is 4.98 Å². The van der Waals surface area contributed by atoms with E-state index in [4.69, 9.17) is 24.8 Å². The second-order valence-corrected chi connectivity index (χ2v) is 20.7. The molecule has 75 heavy (non-hydrogen) atoms. The van der Waals surface area contributed by atoms with E-state index in [0.29, 0.717) is 27.8 Å². The minimum Gasteiger partial charge on any atom is -0.510 e. The van der Waals surface area contributed by atoms with Crippen LogP contribution < -0.4 is 9.30 Å². The van der Waals surface area contributed by atoms with E-state index in [1.165, 1.54) is 12.3 Å². The molecule has 4 heterocycles. The van der Waals surface area contributed by atoms with E-state index in [0.717, 1.165) is 66.5 Å². The second kappa shape index (κ2) is 18.4. The molecule has 0 bridgehead atoms. The topological polar surface area (TPSA) is 35.9 Å². The molecule has 0 amide bonds. The number of para-hydroxylation sites is 1. The van der Waals surface area contributed by atoms with Crippen molar-refractivity contribution in [1.29, 1.82) is 0 Å². The van der Waals surface area contributed by atoms with Gasteiger partial charge in [-0.05, 0) is 114 Å². The predicted octanol–water partition coefficient (Wildman–Crippen LogP) is 17.1. The van der Waals surface area contributed by atoms with Crippen LogP contribution in [0.2, 0.25) is 0 Å². The van der Waals surface area contributed by atoms with Crippen LogP contribution in [0.3, 0.4) is 0 Å². The van der Waals surface area contributed by atoms with Gasteiger partial charge in [0.2, 0.25) is 0 Å². The van der Waals surface area contributed by atoms with Crippen molar-refractivity contribution >= 4 is 32.8 Å². The largest absolute Gasteiger partial charge is 0.510 e. The number of pyridine rings is 1. The third kappa shape index (κ3) is 8.22. The van der Waals surface area contributed by atoms with Crippen molar-refractivity contribution in [1.82, 2.24) is 14.1 Å². The number of fused-ring (bicyclic) bond motifs is 10. The van der Waals surface area contributed by atoms with Crippen LogP contribution in [0.5, 0.6) is 11.5 Å². The fourth-order valence-corrected chi connectivity index (χ4v) is 10.4. The summed E-state index contributed by atoms with van der Waals surface area (Å²) in [5.74, 6) is 0.726. The molecule has 0 saturated carbocycles. The van der Waals surface area contributed by atoms with Gasteiger partial charge in [0.1, 0.15) is 5.82 Å². The van der Waals surface area contributed by atoms with Crippen molar-refractivity contribution < 1.29 is 48.2 Å². The molecule has 0 radical (unpaired) electrons. The molecule has 3 aromatic heterocycles. The predicted molar refractivity (Wildman–Crippen MR) is 303 cm³/mol. The van der Waals surface area contributed by atoms with Crippen LogP contribution in [0.4, 0.5) is 0 Å². The summed E-state index contributed by atoms with van der Waals surface area (Å²) in [7, 11) is 0. The molecule has 6 heteroatoms. The van der Waals surface area contributed by atoms with Gasteiger partial charge in [-0.2, -0.15) is 18.2 Å². The van der Waals surface area contributed by atoms with Crippen molar-refractivity contribution in [2.45, 2.75) is 59.2 Å². The summed E-state index contributed by atoms with van der Waals surface area (Å²) >= 11 is 0. The summed E-state index contributed by atoms with van der Waals surface area (Å²) in [5.41, 5.74) is 10.7. The first kappa shape index (κ1) is 35.2. The molecule has 5 nitrogen and oxygen atoms in total. The Kier molecular flexibility index (Phi) is 8.61. The average Bonchev–Trinajstić information content (AvgIpc) is 1.53. The molecule has 0 atom stereocenters. The van der Waals surface area contributed by atoms with Crippen molar-refractivity contribution in [3.8, 4) is 84.3 Å². The number of rotatable bonds is 6. The van der Waals surface area contributed by atoms with Gasteiger partial charge in [0.25, 0.3) is 6.33 Å². The molecule has 0 unspecified atom stereocenters. The normalized spacial score (nSPS) is 14.7. The molecule has 0 aliphatic carbocycles. The van der Waals surface area contributed by atoms with E-state index < -0.39 is 60.6 Å². The van der Waals surface area contributed by atoms with Crippen LogP contribution in [0, 0.1) is 25.3 Å². The van der Waals surface area contributed by atoms with Crippen LogP contribution in [0.15, 0.2) is 200 Å². The summed E-state index contributed by atoms with van der Waals surface area (Å²) < 4.78 is 125. The van der Waals surface area contributed by atoms with Gasteiger partial charge in [-0.3, -0.25) is 4.57 Å². The van der Waals surface area contributed by atoms with Crippen LogP contribution in [-0.2, 0) is 31.9 Å². The number of aromatic nitrogens is 4. The average molecular weight is 1160 g/mol. The Balaban J connectivity index is 0.00000754. The molecule has 1 aliphatic heterocycles. The molecular weight excluding hydrogens is 1100 g/mol. The third-order valence-corrected chi connectivity index (χ3v) is 13.9. The number of hydrogen-bond donors (Lipinski definition) is 0. The Labute approximate surface area is 471 Å². The molecule has 0 spiro atoms. The number of nitrogens with zero attached hydrogens (tertiary/aromatic N) is 4. The van der Waals surface area contributed by atoms with Crippen LogP contribution >= 0.6 is 0 Å². The zero-order valence-corrected chi connectivity index (χ0v) is 44.1. The van der Waals surface area contributed by atoms with Crippen molar-refractivity contribution in [3.05, 3.63) is 235 Å². The van der Waals surface area contributed by atoms with E-state index >= 15 is 0 Å². The minimum absolute atomic E-state index is 0. The number of ether oxygens (including phenoxy) is 1. The van der Waals surface area contributed by atoms with Crippen LogP contribution in [-0.4, -0.2) is 14.1 Å². The zero-order chi connectivity index (χ0) is 61.7. The van der Waals surface area contributed by atoms with E-state index in [9.17, 15) is 2.74 Å². The van der Waals surface area contributed by atoms with Gasteiger partial charge in [-0.15, -0.1) is 29.7 Å². The van der Waals surface area contributed by atoms with E-state index in [1.807, 2.05) is 77.4 Å². The van der Waals surface area contributed by atoms with Crippen LogP contribution in [0.25, 0.3) is 106 Å². The van der Waals surface area contributed by atoms with Gasteiger partial charge < -0.3 is 13.9 Å². The Bertz CT molecular complexity index is 4880. The molecule has 0 N–H and O–H groups in total. The molecular formula is C69H54N4OPt-2.